The molecule has 72 valence electrons. The highest BCUT2D eigenvalue weighted by molar-refractivity contribution is 5.59. The first-order valence-electron chi connectivity index (χ1n) is 4.14. The summed E-state index contributed by atoms with van der Waals surface area (Å²) in [5.41, 5.74) is 1.36. The van der Waals surface area contributed by atoms with Gasteiger partial charge in [0.15, 0.2) is 0 Å². The van der Waals surface area contributed by atoms with Crippen molar-refractivity contribution in [3.8, 4) is 17.0 Å². The molecule has 0 fully saturated rings. The molecule has 2 rings (SSSR count). The number of aromatic hydroxyl groups is 1. The molecule has 14 heavy (non-hydrogen) atoms. The Morgan fingerprint density at radius 1 is 1.36 bits per heavy atom. The van der Waals surface area contributed by atoms with Gasteiger partial charge in [0, 0.05) is 5.56 Å². The minimum Gasteiger partial charge on any atom is -0.508 e. The quantitative estimate of drug-likeness (QED) is 0.755. The van der Waals surface area contributed by atoms with Crippen molar-refractivity contribution in [3.63, 3.8) is 0 Å². The van der Waals surface area contributed by atoms with Crippen molar-refractivity contribution in [1.82, 2.24) is 4.98 Å². The fourth-order valence-corrected chi connectivity index (χ4v) is 1.18. The second-order valence-corrected chi connectivity index (χ2v) is 2.83. The number of aromatic nitrogens is 1. The van der Waals surface area contributed by atoms with Crippen LogP contribution in [0.3, 0.4) is 0 Å². The van der Waals surface area contributed by atoms with E-state index in [1.807, 2.05) is 0 Å². The van der Waals surface area contributed by atoms with E-state index in [4.69, 9.17) is 9.52 Å². The first-order chi connectivity index (χ1) is 6.79. The van der Waals surface area contributed by atoms with Crippen LogP contribution in [0.15, 0.2) is 34.9 Å². The fourth-order valence-electron chi connectivity index (χ4n) is 1.18. The van der Waals surface area contributed by atoms with E-state index in [2.05, 4.69) is 4.98 Å². The maximum atomic E-state index is 9.23. The van der Waals surface area contributed by atoms with Crippen molar-refractivity contribution >= 4 is 0 Å². The summed E-state index contributed by atoms with van der Waals surface area (Å²) in [5.74, 6) is 0.444. The molecule has 2 aromatic rings. The molecular weight excluding hydrogens is 182 g/mol. The Morgan fingerprint density at radius 2 is 2.21 bits per heavy atom. The van der Waals surface area contributed by atoms with Gasteiger partial charge in [-0.05, 0) is 12.1 Å². The third-order valence-corrected chi connectivity index (χ3v) is 1.83. The van der Waals surface area contributed by atoms with E-state index >= 15 is 0 Å². The van der Waals surface area contributed by atoms with Crippen LogP contribution in [0, 0.1) is 0 Å². The van der Waals surface area contributed by atoms with Gasteiger partial charge in [0.2, 0.25) is 5.89 Å². The molecule has 0 radical (unpaired) electrons. The van der Waals surface area contributed by atoms with Crippen molar-refractivity contribution in [2.75, 3.05) is 0 Å². The molecule has 0 aliphatic heterocycles. The van der Waals surface area contributed by atoms with Gasteiger partial charge in [0.05, 0.1) is 0 Å². The van der Waals surface area contributed by atoms with Crippen LogP contribution in [0.1, 0.15) is 5.89 Å². The topological polar surface area (TPSA) is 66.5 Å². The van der Waals surface area contributed by atoms with Gasteiger partial charge in [0.25, 0.3) is 0 Å². The molecule has 0 unspecified atom stereocenters. The summed E-state index contributed by atoms with van der Waals surface area (Å²) in [4.78, 5) is 4.01. The van der Waals surface area contributed by atoms with Crippen molar-refractivity contribution < 1.29 is 14.6 Å². The van der Waals surface area contributed by atoms with Crippen LogP contribution in [0.2, 0.25) is 0 Å². The molecule has 4 heteroatoms. The standard InChI is InChI=1S/C10H9NO3/c12-5-10-11-9(6-14-10)7-2-1-3-8(13)4-7/h1-4,6,12-13H,5H2. The molecule has 0 spiro atoms. The number of benzene rings is 1. The van der Waals surface area contributed by atoms with Gasteiger partial charge in [-0.3, -0.25) is 0 Å². The fraction of sp³-hybridized carbons (Fsp3) is 0.100. The third kappa shape index (κ3) is 1.60. The van der Waals surface area contributed by atoms with Crippen LogP contribution in [0.5, 0.6) is 5.75 Å². The van der Waals surface area contributed by atoms with Gasteiger partial charge >= 0.3 is 0 Å². The lowest BCUT2D eigenvalue weighted by atomic mass is 10.2. The van der Waals surface area contributed by atoms with Gasteiger partial charge in [-0.25, -0.2) is 4.98 Å². The van der Waals surface area contributed by atoms with Crippen LogP contribution >= 0.6 is 0 Å². The summed E-state index contributed by atoms with van der Waals surface area (Å²) in [7, 11) is 0. The Morgan fingerprint density at radius 3 is 2.86 bits per heavy atom. The molecule has 0 atom stereocenters. The van der Waals surface area contributed by atoms with Crippen molar-refractivity contribution in [2.45, 2.75) is 6.61 Å². The molecular formula is C10H9NO3. The van der Waals surface area contributed by atoms with Crippen LogP contribution in [-0.4, -0.2) is 15.2 Å². The van der Waals surface area contributed by atoms with E-state index < -0.39 is 0 Å². The predicted molar refractivity (Wildman–Crippen MR) is 49.5 cm³/mol. The molecule has 0 aliphatic carbocycles. The summed E-state index contributed by atoms with van der Waals surface area (Å²) < 4.78 is 4.97. The highest BCUT2D eigenvalue weighted by atomic mass is 16.4. The average molecular weight is 191 g/mol. The monoisotopic (exact) mass is 191 g/mol. The van der Waals surface area contributed by atoms with Crippen LogP contribution in [-0.2, 0) is 6.61 Å². The molecule has 0 saturated carbocycles. The number of nitrogens with zero attached hydrogens (tertiary/aromatic N) is 1. The predicted octanol–water partition coefficient (Wildman–Crippen LogP) is 1.54. The van der Waals surface area contributed by atoms with Crippen LogP contribution < -0.4 is 0 Å². The smallest absolute Gasteiger partial charge is 0.220 e. The highest BCUT2D eigenvalue weighted by Gasteiger charge is 2.05. The maximum Gasteiger partial charge on any atom is 0.220 e. The van der Waals surface area contributed by atoms with E-state index in [1.165, 1.54) is 6.26 Å². The zero-order chi connectivity index (χ0) is 9.97. The SMILES string of the molecule is OCc1nc(-c2cccc(O)c2)co1. The minimum atomic E-state index is -0.223. The molecule has 0 saturated heterocycles. The van der Waals surface area contributed by atoms with E-state index in [0.717, 1.165) is 5.56 Å². The Bertz CT molecular complexity index is 436. The lowest BCUT2D eigenvalue weighted by Gasteiger charge is -1.95. The Balaban J connectivity index is 2.39. The minimum absolute atomic E-state index is 0.177. The number of aliphatic hydroxyl groups is 1. The lowest BCUT2D eigenvalue weighted by molar-refractivity contribution is 0.240. The summed E-state index contributed by atoms with van der Waals surface area (Å²) in [5, 5.41) is 18.0. The number of phenolic OH excluding ortho intramolecular Hbond substituents is 1. The zero-order valence-electron chi connectivity index (χ0n) is 7.34. The Kier molecular flexibility index (Phi) is 2.20. The summed E-state index contributed by atoms with van der Waals surface area (Å²) in [6.07, 6.45) is 1.44. The number of hydrogen-bond acceptors (Lipinski definition) is 4. The second-order valence-electron chi connectivity index (χ2n) is 2.83. The van der Waals surface area contributed by atoms with Crippen LogP contribution in [0.4, 0.5) is 0 Å². The number of phenols is 1. The van der Waals surface area contributed by atoms with Crippen LogP contribution in [0.25, 0.3) is 11.3 Å². The number of aliphatic hydroxyl groups excluding tert-OH is 1. The van der Waals surface area contributed by atoms with E-state index in [1.54, 1.807) is 24.3 Å². The molecule has 0 bridgehead atoms. The zero-order valence-corrected chi connectivity index (χ0v) is 7.34. The number of oxazole rings is 1. The average Bonchev–Trinajstić information content (AvgIpc) is 2.66. The van der Waals surface area contributed by atoms with Gasteiger partial charge < -0.3 is 14.6 Å². The molecule has 1 heterocycles. The largest absolute Gasteiger partial charge is 0.508 e. The normalized spacial score (nSPS) is 10.4. The first kappa shape index (κ1) is 8.77. The van der Waals surface area contributed by atoms with Gasteiger partial charge in [-0.2, -0.15) is 0 Å². The number of hydrogen-bond donors (Lipinski definition) is 2. The Hall–Kier alpha value is -1.81. The Labute approximate surface area is 80.5 Å². The van der Waals surface area contributed by atoms with Crippen molar-refractivity contribution in [3.05, 3.63) is 36.4 Å². The maximum absolute atomic E-state index is 9.23. The lowest BCUT2D eigenvalue weighted by Crippen LogP contribution is -1.82. The number of rotatable bonds is 2. The molecule has 1 aromatic heterocycles. The van der Waals surface area contributed by atoms with Gasteiger partial charge in [-0.15, -0.1) is 0 Å². The van der Waals surface area contributed by atoms with Crippen molar-refractivity contribution in [2.24, 2.45) is 0 Å². The summed E-state index contributed by atoms with van der Waals surface area (Å²) >= 11 is 0. The summed E-state index contributed by atoms with van der Waals surface area (Å²) in [6.45, 7) is -0.223. The molecule has 1 aromatic carbocycles. The third-order valence-electron chi connectivity index (χ3n) is 1.83. The van der Waals surface area contributed by atoms with Gasteiger partial charge in [0.1, 0.15) is 24.3 Å². The first-order valence-corrected chi connectivity index (χ1v) is 4.14. The van der Waals surface area contributed by atoms with Crippen molar-refractivity contribution in [1.29, 1.82) is 0 Å². The molecule has 0 aliphatic rings. The van der Waals surface area contributed by atoms with Gasteiger partial charge in [-0.1, -0.05) is 12.1 Å². The van der Waals surface area contributed by atoms with E-state index in [-0.39, 0.29) is 18.2 Å². The highest BCUT2D eigenvalue weighted by Crippen LogP contribution is 2.22. The second kappa shape index (κ2) is 3.51. The van der Waals surface area contributed by atoms with E-state index in [9.17, 15) is 5.11 Å². The molecule has 0 amide bonds. The summed E-state index contributed by atoms with van der Waals surface area (Å²) in [6, 6.07) is 6.69. The molecule has 2 N–H and O–H groups in total. The van der Waals surface area contributed by atoms with E-state index in [0.29, 0.717) is 5.69 Å². The molecule has 4 nitrogen and oxygen atoms in total.